The van der Waals surface area contributed by atoms with Gasteiger partial charge in [0.25, 0.3) is 0 Å². The lowest BCUT2D eigenvalue weighted by Gasteiger charge is -2.04. The second-order valence-electron chi connectivity index (χ2n) is 4.18. The summed E-state index contributed by atoms with van der Waals surface area (Å²) in [6.07, 6.45) is 3.29. The molecule has 0 unspecified atom stereocenters. The molecular formula is C15H11N3O. The molecule has 19 heavy (non-hydrogen) atoms. The number of aromatic nitrogens is 2. The number of benzene rings is 1. The van der Waals surface area contributed by atoms with E-state index in [0.29, 0.717) is 11.1 Å². The Kier molecular flexibility index (Phi) is 2.68. The van der Waals surface area contributed by atoms with Crippen LogP contribution in [0.15, 0.2) is 54.9 Å². The minimum Gasteiger partial charge on any atom is -0.383 e. The lowest BCUT2D eigenvalue weighted by atomic mass is 10.0. The highest BCUT2D eigenvalue weighted by Crippen LogP contribution is 2.18. The van der Waals surface area contributed by atoms with E-state index in [1.165, 1.54) is 0 Å². The molecule has 0 aliphatic heterocycles. The molecule has 0 spiro atoms. The van der Waals surface area contributed by atoms with Gasteiger partial charge in [-0.25, -0.2) is 4.98 Å². The summed E-state index contributed by atoms with van der Waals surface area (Å²) in [6, 6.07) is 12.5. The van der Waals surface area contributed by atoms with Crippen LogP contribution in [0.2, 0.25) is 0 Å². The molecule has 2 aromatic heterocycles. The molecule has 2 N–H and O–H groups in total. The summed E-state index contributed by atoms with van der Waals surface area (Å²) in [7, 11) is 0. The fourth-order valence-corrected chi connectivity index (χ4v) is 1.98. The van der Waals surface area contributed by atoms with Crippen LogP contribution in [0.1, 0.15) is 15.9 Å². The van der Waals surface area contributed by atoms with Crippen molar-refractivity contribution in [2.75, 3.05) is 5.73 Å². The number of rotatable bonds is 2. The SMILES string of the molecule is Nc1ncccc1C(=O)c1ccc2ncccc2c1. The van der Waals surface area contributed by atoms with E-state index in [4.69, 9.17) is 5.73 Å². The first-order valence-electron chi connectivity index (χ1n) is 5.86. The molecule has 0 atom stereocenters. The Balaban J connectivity index is 2.09. The fraction of sp³-hybridized carbons (Fsp3) is 0. The van der Waals surface area contributed by atoms with Crippen molar-refractivity contribution in [3.05, 3.63) is 66.0 Å². The molecule has 3 rings (SSSR count). The first-order valence-corrected chi connectivity index (χ1v) is 5.86. The second kappa shape index (κ2) is 4.49. The maximum atomic E-state index is 12.4. The molecular weight excluding hydrogens is 238 g/mol. The van der Waals surface area contributed by atoms with Crippen LogP contribution in [-0.2, 0) is 0 Å². The van der Waals surface area contributed by atoms with Crippen LogP contribution in [0.5, 0.6) is 0 Å². The van der Waals surface area contributed by atoms with Crippen molar-refractivity contribution in [3.63, 3.8) is 0 Å². The largest absolute Gasteiger partial charge is 0.383 e. The van der Waals surface area contributed by atoms with E-state index in [9.17, 15) is 4.79 Å². The molecule has 0 aliphatic carbocycles. The number of carbonyl (C=O) groups excluding carboxylic acids is 1. The summed E-state index contributed by atoms with van der Waals surface area (Å²) in [5.41, 5.74) is 7.59. The van der Waals surface area contributed by atoms with Gasteiger partial charge in [-0.05, 0) is 36.4 Å². The lowest BCUT2D eigenvalue weighted by molar-refractivity contribution is 0.103. The van der Waals surface area contributed by atoms with Gasteiger partial charge in [0, 0.05) is 23.3 Å². The van der Waals surface area contributed by atoms with Gasteiger partial charge >= 0.3 is 0 Å². The van der Waals surface area contributed by atoms with Gasteiger partial charge in [-0.3, -0.25) is 9.78 Å². The van der Waals surface area contributed by atoms with E-state index in [0.717, 1.165) is 10.9 Å². The van der Waals surface area contributed by atoms with Crippen molar-refractivity contribution in [2.24, 2.45) is 0 Å². The van der Waals surface area contributed by atoms with Gasteiger partial charge in [-0.15, -0.1) is 0 Å². The zero-order valence-corrected chi connectivity index (χ0v) is 10.1. The highest BCUT2D eigenvalue weighted by Gasteiger charge is 2.13. The summed E-state index contributed by atoms with van der Waals surface area (Å²) in [4.78, 5) is 20.5. The number of nitrogens with two attached hydrogens (primary N) is 1. The Morgan fingerprint density at radius 2 is 1.79 bits per heavy atom. The summed E-state index contributed by atoms with van der Waals surface area (Å²) in [5.74, 6) is 0.120. The normalized spacial score (nSPS) is 10.5. The van der Waals surface area contributed by atoms with Crippen molar-refractivity contribution < 1.29 is 4.79 Å². The van der Waals surface area contributed by atoms with Gasteiger partial charge in [0.15, 0.2) is 5.78 Å². The summed E-state index contributed by atoms with van der Waals surface area (Å²) in [6.45, 7) is 0. The predicted molar refractivity (Wildman–Crippen MR) is 73.8 cm³/mol. The monoisotopic (exact) mass is 249 g/mol. The van der Waals surface area contributed by atoms with E-state index in [1.807, 2.05) is 24.3 Å². The van der Waals surface area contributed by atoms with Gasteiger partial charge in [-0.1, -0.05) is 6.07 Å². The first-order chi connectivity index (χ1) is 9.25. The summed E-state index contributed by atoms with van der Waals surface area (Å²) >= 11 is 0. The number of hydrogen-bond donors (Lipinski definition) is 1. The Labute approximate surface area is 109 Å². The van der Waals surface area contributed by atoms with Crippen LogP contribution in [0.25, 0.3) is 10.9 Å². The fourth-order valence-electron chi connectivity index (χ4n) is 1.98. The lowest BCUT2D eigenvalue weighted by Crippen LogP contribution is -2.06. The molecule has 1 aromatic carbocycles. The maximum Gasteiger partial charge on any atom is 0.196 e. The first kappa shape index (κ1) is 11.3. The maximum absolute atomic E-state index is 12.4. The Morgan fingerprint density at radius 3 is 2.63 bits per heavy atom. The third kappa shape index (κ3) is 2.04. The molecule has 0 bridgehead atoms. The zero-order valence-electron chi connectivity index (χ0n) is 10.1. The Bertz CT molecular complexity index is 768. The van der Waals surface area contributed by atoms with E-state index in [1.54, 1.807) is 30.6 Å². The third-order valence-corrected chi connectivity index (χ3v) is 2.95. The highest BCUT2D eigenvalue weighted by atomic mass is 16.1. The van der Waals surface area contributed by atoms with Crippen LogP contribution >= 0.6 is 0 Å². The van der Waals surface area contributed by atoms with Crippen LogP contribution in [-0.4, -0.2) is 15.8 Å². The van der Waals surface area contributed by atoms with Gasteiger partial charge in [0.1, 0.15) is 5.82 Å². The predicted octanol–water partition coefficient (Wildman–Crippen LogP) is 2.44. The van der Waals surface area contributed by atoms with Gasteiger partial charge in [-0.2, -0.15) is 0 Å². The average Bonchev–Trinajstić information content (AvgIpc) is 2.46. The molecule has 92 valence electrons. The molecule has 0 amide bonds. The van der Waals surface area contributed by atoms with Gasteiger partial charge in [0.2, 0.25) is 0 Å². The number of hydrogen-bond acceptors (Lipinski definition) is 4. The quantitative estimate of drug-likeness (QED) is 0.708. The van der Waals surface area contributed by atoms with Crippen molar-refractivity contribution in [1.82, 2.24) is 9.97 Å². The number of nitrogens with zero attached hydrogens (tertiary/aromatic N) is 2. The number of fused-ring (bicyclic) bond motifs is 1. The molecule has 4 nitrogen and oxygen atoms in total. The number of pyridine rings is 2. The minimum atomic E-state index is -0.128. The topological polar surface area (TPSA) is 68.9 Å². The van der Waals surface area contributed by atoms with Crippen molar-refractivity contribution in [3.8, 4) is 0 Å². The van der Waals surface area contributed by atoms with Crippen LogP contribution < -0.4 is 5.73 Å². The van der Waals surface area contributed by atoms with Crippen molar-refractivity contribution >= 4 is 22.5 Å². The molecule has 2 heterocycles. The highest BCUT2D eigenvalue weighted by molar-refractivity contribution is 6.12. The summed E-state index contributed by atoms with van der Waals surface area (Å²) < 4.78 is 0. The van der Waals surface area contributed by atoms with Crippen LogP contribution in [0, 0.1) is 0 Å². The average molecular weight is 249 g/mol. The Hall–Kier alpha value is -2.75. The number of anilines is 1. The zero-order chi connectivity index (χ0) is 13.2. The van der Waals surface area contributed by atoms with E-state index < -0.39 is 0 Å². The minimum absolute atomic E-state index is 0.128. The van der Waals surface area contributed by atoms with Gasteiger partial charge < -0.3 is 5.73 Å². The molecule has 0 aliphatic rings. The second-order valence-corrected chi connectivity index (χ2v) is 4.18. The van der Waals surface area contributed by atoms with E-state index in [-0.39, 0.29) is 11.6 Å². The molecule has 0 radical (unpaired) electrons. The summed E-state index contributed by atoms with van der Waals surface area (Å²) in [5, 5.41) is 0.927. The van der Waals surface area contributed by atoms with E-state index >= 15 is 0 Å². The van der Waals surface area contributed by atoms with Gasteiger partial charge in [0.05, 0.1) is 11.1 Å². The smallest absolute Gasteiger partial charge is 0.196 e. The molecule has 0 saturated carbocycles. The standard InChI is InChI=1S/C15H11N3O/c16-15-12(4-2-8-18-15)14(19)11-5-6-13-10(9-11)3-1-7-17-13/h1-9H,(H2,16,18). The molecule has 0 saturated heterocycles. The molecule has 4 heteroatoms. The Morgan fingerprint density at radius 1 is 1.00 bits per heavy atom. The van der Waals surface area contributed by atoms with Crippen molar-refractivity contribution in [1.29, 1.82) is 0 Å². The number of ketones is 1. The number of carbonyl (C=O) groups is 1. The van der Waals surface area contributed by atoms with Crippen LogP contribution in [0.3, 0.4) is 0 Å². The molecule has 0 fully saturated rings. The van der Waals surface area contributed by atoms with Crippen molar-refractivity contribution in [2.45, 2.75) is 0 Å². The number of nitrogen functional groups attached to an aromatic ring is 1. The van der Waals surface area contributed by atoms with E-state index in [2.05, 4.69) is 9.97 Å². The van der Waals surface area contributed by atoms with Crippen LogP contribution in [0.4, 0.5) is 5.82 Å². The third-order valence-electron chi connectivity index (χ3n) is 2.95. The molecule has 3 aromatic rings.